The van der Waals surface area contributed by atoms with Gasteiger partial charge in [-0.3, -0.25) is 0 Å². The van der Waals surface area contributed by atoms with Crippen LogP contribution in [0.25, 0.3) is 22.9 Å². The largest absolute Gasteiger partial charge is 0.497 e. The number of rotatable bonds is 5. The van der Waals surface area contributed by atoms with Gasteiger partial charge >= 0.3 is 0 Å². The van der Waals surface area contributed by atoms with Crippen molar-refractivity contribution in [3.8, 4) is 40.3 Å². The number of aromatic nitrogens is 1. The van der Waals surface area contributed by atoms with Gasteiger partial charge in [0.05, 0.1) is 25.5 Å². The maximum Gasteiger partial charge on any atom is 0.231 e. The number of hydrogen-bond acceptors (Lipinski definition) is 7. The van der Waals surface area contributed by atoms with Gasteiger partial charge in [-0.25, -0.2) is 4.98 Å². The molecule has 1 aliphatic rings. The molecule has 6 nitrogen and oxygen atoms in total. The third-order valence-corrected chi connectivity index (χ3v) is 5.14. The maximum atomic E-state index is 9.66. The van der Waals surface area contributed by atoms with E-state index in [9.17, 15) is 5.26 Å². The Morgan fingerprint density at radius 1 is 1.14 bits per heavy atom. The Labute approximate surface area is 166 Å². The number of methoxy groups -OCH3 is 2. The highest BCUT2D eigenvalue weighted by Crippen LogP contribution is 2.37. The first-order valence-corrected chi connectivity index (χ1v) is 9.29. The molecule has 0 atom stereocenters. The number of allylic oxidation sites excluding steroid dienone is 1. The summed E-state index contributed by atoms with van der Waals surface area (Å²) in [5.41, 5.74) is 2.92. The van der Waals surface area contributed by atoms with Crippen LogP contribution in [0, 0.1) is 11.3 Å². The number of benzene rings is 2. The van der Waals surface area contributed by atoms with E-state index in [0.29, 0.717) is 27.8 Å². The Morgan fingerprint density at radius 3 is 2.79 bits per heavy atom. The van der Waals surface area contributed by atoms with Crippen LogP contribution in [0.5, 0.6) is 23.0 Å². The lowest BCUT2D eigenvalue weighted by Gasteiger charge is -2.07. The molecule has 4 rings (SSSR count). The van der Waals surface area contributed by atoms with Crippen LogP contribution in [-0.4, -0.2) is 26.0 Å². The summed E-state index contributed by atoms with van der Waals surface area (Å²) in [6, 6.07) is 13.4. The van der Waals surface area contributed by atoms with E-state index in [2.05, 4.69) is 11.1 Å². The number of hydrogen-bond donors (Lipinski definition) is 0. The van der Waals surface area contributed by atoms with Crippen molar-refractivity contribution in [3.63, 3.8) is 0 Å². The van der Waals surface area contributed by atoms with Gasteiger partial charge in [-0.15, -0.1) is 11.3 Å². The molecule has 140 valence electrons. The normalized spacial score (nSPS) is 12.5. The number of thiazole rings is 1. The van der Waals surface area contributed by atoms with Gasteiger partial charge in [0, 0.05) is 22.6 Å². The summed E-state index contributed by atoms with van der Waals surface area (Å²) < 4.78 is 21.4. The van der Waals surface area contributed by atoms with Gasteiger partial charge in [-0.1, -0.05) is 0 Å². The van der Waals surface area contributed by atoms with E-state index in [0.717, 1.165) is 22.6 Å². The van der Waals surface area contributed by atoms with E-state index >= 15 is 0 Å². The molecule has 0 unspecified atom stereocenters. The SMILES string of the molecule is COc1ccc(C=C(C#N)c2nc(-c3ccc4c(c3)OCO4)cs2)c(OC)c1. The van der Waals surface area contributed by atoms with Crippen LogP contribution in [0.1, 0.15) is 10.6 Å². The molecule has 0 radical (unpaired) electrons. The minimum atomic E-state index is 0.228. The topological polar surface area (TPSA) is 73.6 Å². The molecule has 0 bridgehead atoms. The van der Waals surface area contributed by atoms with Crippen molar-refractivity contribution < 1.29 is 18.9 Å². The van der Waals surface area contributed by atoms with E-state index in [1.807, 2.05) is 35.7 Å². The lowest BCUT2D eigenvalue weighted by Crippen LogP contribution is -1.92. The van der Waals surface area contributed by atoms with Crippen LogP contribution in [0.2, 0.25) is 0 Å². The molecule has 0 amide bonds. The van der Waals surface area contributed by atoms with Crippen LogP contribution in [-0.2, 0) is 0 Å². The first-order chi connectivity index (χ1) is 13.7. The van der Waals surface area contributed by atoms with E-state index < -0.39 is 0 Å². The van der Waals surface area contributed by atoms with Crippen LogP contribution in [0.15, 0.2) is 41.8 Å². The third-order valence-electron chi connectivity index (χ3n) is 4.26. The molecule has 0 fully saturated rings. The molecule has 28 heavy (non-hydrogen) atoms. The van der Waals surface area contributed by atoms with Crippen molar-refractivity contribution in [2.75, 3.05) is 21.0 Å². The molecule has 1 aliphatic heterocycles. The van der Waals surface area contributed by atoms with Gasteiger partial charge in [-0.05, 0) is 36.4 Å². The summed E-state index contributed by atoms with van der Waals surface area (Å²) in [5, 5.41) is 12.2. The van der Waals surface area contributed by atoms with Crippen molar-refractivity contribution in [2.45, 2.75) is 0 Å². The zero-order valence-corrected chi connectivity index (χ0v) is 16.1. The van der Waals surface area contributed by atoms with Gasteiger partial charge in [0.25, 0.3) is 0 Å². The maximum absolute atomic E-state index is 9.66. The molecule has 7 heteroatoms. The number of nitrogens with zero attached hydrogens (tertiary/aromatic N) is 2. The van der Waals surface area contributed by atoms with Gasteiger partial charge in [0.1, 0.15) is 22.6 Å². The molecule has 0 saturated heterocycles. The summed E-state index contributed by atoms with van der Waals surface area (Å²) in [5.74, 6) is 2.74. The second kappa shape index (κ2) is 7.62. The lowest BCUT2D eigenvalue weighted by molar-refractivity contribution is 0.174. The van der Waals surface area contributed by atoms with Crippen molar-refractivity contribution in [1.82, 2.24) is 4.98 Å². The summed E-state index contributed by atoms with van der Waals surface area (Å²) in [7, 11) is 3.18. The fraction of sp³-hybridized carbons (Fsp3) is 0.143. The highest BCUT2D eigenvalue weighted by molar-refractivity contribution is 7.11. The summed E-state index contributed by atoms with van der Waals surface area (Å²) in [6.45, 7) is 0.228. The average molecular weight is 392 g/mol. The minimum absolute atomic E-state index is 0.228. The smallest absolute Gasteiger partial charge is 0.231 e. The van der Waals surface area contributed by atoms with Crippen LogP contribution in [0.3, 0.4) is 0 Å². The summed E-state index contributed by atoms with van der Waals surface area (Å²) >= 11 is 1.41. The molecule has 0 N–H and O–H groups in total. The van der Waals surface area contributed by atoms with Crippen LogP contribution in [0.4, 0.5) is 0 Å². The second-order valence-electron chi connectivity index (χ2n) is 5.88. The van der Waals surface area contributed by atoms with Gasteiger partial charge in [0.2, 0.25) is 6.79 Å². The number of fused-ring (bicyclic) bond motifs is 1. The Bertz CT molecular complexity index is 1100. The third kappa shape index (κ3) is 3.38. The summed E-state index contributed by atoms with van der Waals surface area (Å²) in [4.78, 5) is 4.63. The lowest BCUT2D eigenvalue weighted by atomic mass is 10.1. The number of nitriles is 1. The Hall–Kier alpha value is -3.50. The Kier molecular flexibility index (Phi) is 4.87. The van der Waals surface area contributed by atoms with Crippen molar-refractivity contribution >= 4 is 23.0 Å². The first-order valence-electron chi connectivity index (χ1n) is 8.41. The minimum Gasteiger partial charge on any atom is -0.497 e. The Morgan fingerprint density at radius 2 is 2.00 bits per heavy atom. The Balaban J connectivity index is 1.67. The van der Waals surface area contributed by atoms with Crippen LogP contribution < -0.4 is 18.9 Å². The highest BCUT2D eigenvalue weighted by Gasteiger charge is 2.16. The molecule has 3 aromatic rings. The number of ether oxygens (including phenoxy) is 4. The van der Waals surface area contributed by atoms with Crippen molar-refractivity contribution in [2.24, 2.45) is 0 Å². The molecule has 0 spiro atoms. The fourth-order valence-corrected chi connectivity index (χ4v) is 3.62. The molecule has 0 aliphatic carbocycles. The quantitative estimate of drug-likeness (QED) is 0.590. The molecule has 1 aromatic heterocycles. The van der Waals surface area contributed by atoms with E-state index in [1.54, 1.807) is 26.4 Å². The first kappa shape index (κ1) is 17.9. The second-order valence-corrected chi connectivity index (χ2v) is 6.74. The van der Waals surface area contributed by atoms with Gasteiger partial charge in [-0.2, -0.15) is 5.26 Å². The van der Waals surface area contributed by atoms with E-state index in [4.69, 9.17) is 18.9 Å². The fourth-order valence-electron chi connectivity index (χ4n) is 2.82. The average Bonchev–Trinajstić information content (AvgIpc) is 3.40. The molecular formula is C21H16N2O4S. The van der Waals surface area contributed by atoms with Crippen LogP contribution >= 0.6 is 11.3 Å². The van der Waals surface area contributed by atoms with E-state index in [1.165, 1.54) is 11.3 Å². The highest BCUT2D eigenvalue weighted by atomic mass is 32.1. The zero-order valence-electron chi connectivity index (χ0n) is 15.3. The molecule has 2 aromatic carbocycles. The molecule has 2 heterocycles. The van der Waals surface area contributed by atoms with Gasteiger partial charge < -0.3 is 18.9 Å². The monoisotopic (exact) mass is 392 g/mol. The van der Waals surface area contributed by atoms with E-state index in [-0.39, 0.29) is 6.79 Å². The van der Waals surface area contributed by atoms with Crippen molar-refractivity contribution in [1.29, 1.82) is 5.26 Å². The summed E-state index contributed by atoms with van der Waals surface area (Å²) in [6.07, 6.45) is 1.76. The molecular weight excluding hydrogens is 376 g/mol. The predicted molar refractivity (Wildman–Crippen MR) is 107 cm³/mol. The van der Waals surface area contributed by atoms with Crippen molar-refractivity contribution in [3.05, 3.63) is 52.3 Å². The van der Waals surface area contributed by atoms with Gasteiger partial charge in [0.15, 0.2) is 11.5 Å². The standard InChI is InChI=1S/C21H16N2O4S/c1-24-16-5-3-14(19(9-16)25-2)7-15(10-22)21-23-17(11-28-21)13-4-6-18-20(8-13)27-12-26-18/h3-9,11H,12H2,1-2H3. The molecule has 0 saturated carbocycles. The predicted octanol–water partition coefficient (Wildman–Crippen LogP) is 4.62. The zero-order chi connectivity index (χ0) is 19.5.